The maximum Gasteiger partial charge on any atom is 0.329 e. The molecule has 1 aromatic carbocycles. The Labute approximate surface area is 167 Å². The number of esters is 1. The molecule has 0 unspecified atom stereocenters. The van der Waals surface area contributed by atoms with Crippen LogP contribution >= 0.6 is 11.6 Å². The average Bonchev–Trinajstić information content (AvgIpc) is 3.35. The summed E-state index contributed by atoms with van der Waals surface area (Å²) < 4.78 is 5.04. The molecule has 2 bridgehead atoms. The number of halogens is 1. The van der Waals surface area contributed by atoms with Gasteiger partial charge in [0.25, 0.3) is 5.91 Å². The standard InChI is InChI=1S/C20H21ClN2O5/c1-10(20(27)28-9-15(24)22-14-5-3-2-4-13(14)21)23-18(25)16-11-6-7-12(8-11)17(16)19(23)26/h2-5,10-12,16-17H,6-9H2,1H3,(H,22,24)/t10-,11+,12+,16-,17-/m0/s1. The Bertz CT molecular complexity index is 829. The summed E-state index contributed by atoms with van der Waals surface area (Å²) in [5.74, 6) is -1.94. The van der Waals surface area contributed by atoms with Gasteiger partial charge in [-0.25, -0.2) is 4.79 Å². The van der Waals surface area contributed by atoms with Gasteiger partial charge in [0.2, 0.25) is 11.8 Å². The summed E-state index contributed by atoms with van der Waals surface area (Å²) in [7, 11) is 0. The minimum absolute atomic E-state index is 0.251. The predicted molar refractivity (Wildman–Crippen MR) is 100 cm³/mol. The molecule has 2 aliphatic carbocycles. The van der Waals surface area contributed by atoms with E-state index >= 15 is 0 Å². The Balaban J connectivity index is 1.35. The van der Waals surface area contributed by atoms with E-state index in [9.17, 15) is 19.2 Å². The molecule has 1 aliphatic heterocycles. The summed E-state index contributed by atoms with van der Waals surface area (Å²) in [6, 6.07) is 5.65. The molecule has 7 nitrogen and oxygen atoms in total. The van der Waals surface area contributed by atoms with Crippen LogP contribution in [-0.2, 0) is 23.9 Å². The molecule has 1 heterocycles. The van der Waals surface area contributed by atoms with Gasteiger partial charge < -0.3 is 10.1 Å². The Morgan fingerprint density at radius 2 is 1.79 bits per heavy atom. The molecule has 0 spiro atoms. The van der Waals surface area contributed by atoms with Crippen LogP contribution in [-0.4, -0.2) is 41.2 Å². The third-order valence-corrected chi connectivity index (χ3v) is 6.51. The number of carbonyl (C=O) groups excluding carboxylic acids is 4. The van der Waals surface area contributed by atoms with Gasteiger partial charge in [-0.05, 0) is 50.2 Å². The summed E-state index contributed by atoms with van der Waals surface area (Å²) in [4.78, 5) is 50.9. The van der Waals surface area contributed by atoms with Crippen molar-refractivity contribution in [1.29, 1.82) is 0 Å². The number of rotatable bonds is 5. The van der Waals surface area contributed by atoms with Gasteiger partial charge >= 0.3 is 5.97 Å². The molecule has 1 aromatic rings. The molecule has 1 saturated heterocycles. The third kappa shape index (κ3) is 3.07. The monoisotopic (exact) mass is 404 g/mol. The summed E-state index contributed by atoms with van der Waals surface area (Å²) in [5.41, 5.74) is 0.409. The van der Waals surface area contributed by atoms with Crippen molar-refractivity contribution in [2.24, 2.45) is 23.7 Å². The van der Waals surface area contributed by atoms with E-state index < -0.39 is 24.5 Å². The Kier molecular flexibility index (Phi) is 4.87. The topological polar surface area (TPSA) is 92.8 Å². The number of para-hydroxylation sites is 1. The fourth-order valence-electron chi connectivity index (χ4n) is 4.93. The van der Waals surface area contributed by atoms with E-state index in [2.05, 4.69) is 5.32 Å². The number of hydrogen-bond donors (Lipinski definition) is 1. The highest BCUT2D eigenvalue weighted by Crippen LogP contribution is 2.56. The lowest BCUT2D eigenvalue weighted by molar-refractivity contribution is -0.159. The van der Waals surface area contributed by atoms with Crippen LogP contribution in [0.1, 0.15) is 26.2 Å². The van der Waals surface area contributed by atoms with Crippen LogP contribution in [0.15, 0.2) is 24.3 Å². The number of hydrogen-bond acceptors (Lipinski definition) is 5. The van der Waals surface area contributed by atoms with Gasteiger partial charge in [-0.3, -0.25) is 19.3 Å². The number of ether oxygens (including phenoxy) is 1. The number of benzene rings is 1. The maximum atomic E-state index is 12.8. The summed E-state index contributed by atoms with van der Waals surface area (Å²) in [5, 5.41) is 2.91. The van der Waals surface area contributed by atoms with Crippen molar-refractivity contribution in [3.05, 3.63) is 29.3 Å². The highest BCUT2D eigenvalue weighted by atomic mass is 35.5. The quantitative estimate of drug-likeness (QED) is 0.600. The minimum Gasteiger partial charge on any atom is -0.454 e. The molecule has 148 valence electrons. The van der Waals surface area contributed by atoms with Gasteiger partial charge in [-0.2, -0.15) is 0 Å². The zero-order valence-corrected chi connectivity index (χ0v) is 16.1. The summed E-state index contributed by atoms with van der Waals surface area (Å²) in [6.45, 7) is 0.940. The van der Waals surface area contributed by atoms with Gasteiger partial charge in [0.05, 0.1) is 22.5 Å². The van der Waals surface area contributed by atoms with Crippen molar-refractivity contribution < 1.29 is 23.9 Å². The molecule has 0 aromatic heterocycles. The number of fused-ring (bicyclic) bond motifs is 5. The van der Waals surface area contributed by atoms with Crippen molar-refractivity contribution in [2.45, 2.75) is 32.2 Å². The second kappa shape index (κ2) is 7.20. The van der Waals surface area contributed by atoms with E-state index in [0.717, 1.165) is 24.2 Å². The average molecular weight is 405 g/mol. The van der Waals surface area contributed by atoms with E-state index in [1.165, 1.54) is 6.92 Å². The number of anilines is 1. The first kappa shape index (κ1) is 18.9. The molecule has 4 rings (SSSR count). The summed E-state index contributed by atoms with van der Waals surface area (Å²) in [6.07, 6.45) is 2.88. The lowest BCUT2D eigenvalue weighted by atomic mass is 9.81. The van der Waals surface area contributed by atoms with Gasteiger partial charge in [-0.15, -0.1) is 0 Å². The summed E-state index contributed by atoms with van der Waals surface area (Å²) >= 11 is 5.97. The van der Waals surface area contributed by atoms with Crippen LogP contribution in [0, 0.1) is 23.7 Å². The first-order valence-corrected chi connectivity index (χ1v) is 9.84. The van der Waals surface area contributed by atoms with Gasteiger partial charge in [-0.1, -0.05) is 23.7 Å². The van der Waals surface area contributed by atoms with Crippen molar-refractivity contribution in [2.75, 3.05) is 11.9 Å². The predicted octanol–water partition coefficient (Wildman–Crippen LogP) is 2.24. The molecular weight excluding hydrogens is 384 g/mol. The normalized spacial score (nSPS) is 29.0. The molecular formula is C20H21ClN2O5. The van der Waals surface area contributed by atoms with E-state index in [0.29, 0.717) is 10.7 Å². The Hall–Kier alpha value is -2.41. The first-order chi connectivity index (χ1) is 13.4. The van der Waals surface area contributed by atoms with Crippen molar-refractivity contribution in [3.8, 4) is 0 Å². The second-order valence-electron chi connectivity index (χ2n) is 7.74. The molecule has 0 radical (unpaired) electrons. The highest BCUT2D eigenvalue weighted by molar-refractivity contribution is 6.33. The van der Waals surface area contributed by atoms with Gasteiger partial charge in [0.15, 0.2) is 6.61 Å². The number of nitrogens with one attached hydrogen (secondary N) is 1. The molecule has 8 heteroatoms. The van der Waals surface area contributed by atoms with Gasteiger partial charge in [0.1, 0.15) is 6.04 Å². The van der Waals surface area contributed by atoms with E-state index in [4.69, 9.17) is 16.3 Å². The van der Waals surface area contributed by atoms with Crippen LogP contribution in [0.2, 0.25) is 5.02 Å². The van der Waals surface area contributed by atoms with E-state index in [1.807, 2.05) is 0 Å². The van der Waals surface area contributed by atoms with Crippen molar-refractivity contribution in [1.82, 2.24) is 4.90 Å². The van der Waals surface area contributed by atoms with Crippen LogP contribution in [0.25, 0.3) is 0 Å². The van der Waals surface area contributed by atoms with Crippen molar-refractivity contribution in [3.63, 3.8) is 0 Å². The SMILES string of the molecule is C[C@@H](C(=O)OCC(=O)Nc1ccccc1Cl)N1C(=O)[C@H]2[C@@H]3CC[C@H](C3)[C@@H]2C1=O. The lowest BCUT2D eigenvalue weighted by Crippen LogP contribution is -2.45. The number of nitrogens with zero attached hydrogens (tertiary/aromatic N) is 1. The molecule has 3 amide bonds. The van der Waals surface area contributed by atoms with Crippen LogP contribution in [0.4, 0.5) is 5.69 Å². The molecule has 1 N–H and O–H groups in total. The lowest BCUT2D eigenvalue weighted by Gasteiger charge is -2.23. The zero-order valence-electron chi connectivity index (χ0n) is 15.4. The number of amides is 3. The minimum atomic E-state index is -1.04. The van der Waals surface area contributed by atoms with Crippen LogP contribution in [0.3, 0.4) is 0 Å². The smallest absolute Gasteiger partial charge is 0.329 e. The largest absolute Gasteiger partial charge is 0.454 e. The molecule has 2 saturated carbocycles. The fourth-order valence-corrected chi connectivity index (χ4v) is 5.11. The van der Waals surface area contributed by atoms with Gasteiger partial charge in [0, 0.05) is 0 Å². The highest BCUT2D eigenvalue weighted by Gasteiger charge is 2.62. The maximum absolute atomic E-state index is 12.8. The number of likely N-dealkylation sites (tertiary alicyclic amines) is 1. The van der Waals surface area contributed by atoms with Crippen LogP contribution in [0.5, 0.6) is 0 Å². The second-order valence-corrected chi connectivity index (χ2v) is 8.15. The van der Waals surface area contributed by atoms with Crippen LogP contribution < -0.4 is 5.32 Å². The Morgan fingerprint density at radius 3 is 2.39 bits per heavy atom. The first-order valence-electron chi connectivity index (χ1n) is 9.46. The molecule has 5 atom stereocenters. The zero-order chi connectivity index (χ0) is 20.0. The molecule has 28 heavy (non-hydrogen) atoms. The van der Waals surface area contributed by atoms with E-state index in [1.54, 1.807) is 24.3 Å². The number of carbonyl (C=O) groups is 4. The van der Waals surface area contributed by atoms with E-state index in [-0.39, 0.29) is 35.5 Å². The Morgan fingerprint density at radius 1 is 1.18 bits per heavy atom. The van der Waals surface area contributed by atoms with Crippen molar-refractivity contribution >= 4 is 41.0 Å². The fraction of sp³-hybridized carbons (Fsp3) is 0.500. The third-order valence-electron chi connectivity index (χ3n) is 6.18. The molecule has 3 fully saturated rings. The number of imide groups is 1. The molecule has 3 aliphatic rings.